The van der Waals surface area contributed by atoms with Gasteiger partial charge in [0.2, 0.25) is 0 Å². The predicted octanol–water partition coefficient (Wildman–Crippen LogP) is 3.39. The molecule has 1 aliphatic carbocycles. The Hall–Kier alpha value is -1.55. The molecule has 1 aliphatic rings. The first-order valence-electron chi connectivity index (χ1n) is 5.76. The molecule has 4 heteroatoms. The van der Waals surface area contributed by atoms with Crippen molar-refractivity contribution in [2.45, 2.75) is 25.7 Å². The summed E-state index contributed by atoms with van der Waals surface area (Å²) in [7, 11) is 0. The SMILES string of the molecule is Cc1ccncc1-c1nc(=S)cc(C2CC2)[nH]1. The summed E-state index contributed by atoms with van der Waals surface area (Å²) in [6.07, 6.45) is 6.12. The van der Waals surface area contributed by atoms with Crippen molar-refractivity contribution < 1.29 is 0 Å². The summed E-state index contributed by atoms with van der Waals surface area (Å²) in [6.45, 7) is 2.05. The van der Waals surface area contributed by atoms with E-state index in [0.717, 1.165) is 17.0 Å². The van der Waals surface area contributed by atoms with Crippen LogP contribution in [-0.2, 0) is 0 Å². The summed E-state index contributed by atoms with van der Waals surface area (Å²) in [5.74, 6) is 1.49. The number of hydrogen-bond donors (Lipinski definition) is 1. The van der Waals surface area contributed by atoms with E-state index in [0.29, 0.717) is 10.6 Å². The highest BCUT2D eigenvalue weighted by atomic mass is 32.1. The topological polar surface area (TPSA) is 41.6 Å². The largest absolute Gasteiger partial charge is 0.343 e. The van der Waals surface area contributed by atoms with E-state index in [-0.39, 0.29) is 0 Å². The minimum absolute atomic E-state index is 0.649. The van der Waals surface area contributed by atoms with Crippen molar-refractivity contribution in [2.75, 3.05) is 0 Å². The van der Waals surface area contributed by atoms with Gasteiger partial charge in [-0.2, -0.15) is 0 Å². The molecule has 17 heavy (non-hydrogen) atoms. The van der Waals surface area contributed by atoms with E-state index < -0.39 is 0 Å². The van der Waals surface area contributed by atoms with Gasteiger partial charge in [-0.3, -0.25) is 4.98 Å². The molecule has 2 aromatic heterocycles. The van der Waals surface area contributed by atoms with E-state index in [2.05, 4.69) is 21.9 Å². The molecule has 3 nitrogen and oxygen atoms in total. The molecule has 0 atom stereocenters. The van der Waals surface area contributed by atoms with Gasteiger partial charge in [-0.15, -0.1) is 0 Å². The molecule has 0 aliphatic heterocycles. The highest BCUT2D eigenvalue weighted by molar-refractivity contribution is 7.71. The Morgan fingerprint density at radius 1 is 1.41 bits per heavy atom. The highest BCUT2D eigenvalue weighted by Gasteiger charge is 2.24. The molecule has 2 aromatic rings. The first-order chi connectivity index (χ1) is 8.24. The van der Waals surface area contributed by atoms with Gasteiger partial charge in [-0.1, -0.05) is 12.2 Å². The Morgan fingerprint density at radius 2 is 2.24 bits per heavy atom. The summed E-state index contributed by atoms with van der Waals surface area (Å²) in [6, 6.07) is 3.96. The van der Waals surface area contributed by atoms with Crippen LogP contribution in [0.25, 0.3) is 11.4 Å². The third-order valence-corrected chi connectivity index (χ3v) is 3.28. The zero-order valence-electron chi connectivity index (χ0n) is 9.60. The number of nitrogens with zero attached hydrogens (tertiary/aromatic N) is 2. The monoisotopic (exact) mass is 243 g/mol. The highest BCUT2D eigenvalue weighted by Crippen LogP contribution is 2.39. The molecule has 1 N–H and O–H groups in total. The molecule has 3 rings (SSSR count). The molecule has 0 unspecified atom stereocenters. The number of hydrogen-bond acceptors (Lipinski definition) is 3. The maximum Gasteiger partial charge on any atom is 0.140 e. The molecule has 2 heterocycles. The predicted molar refractivity (Wildman–Crippen MR) is 69.4 cm³/mol. The van der Waals surface area contributed by atoms with E-state index in [1.54, 1.807) is 6.20 Å². The lowest BCUT2D eigenvalue weighted by molar-refractivity contribution is 0.985. The maximum atomic E-state index is 5.23. The van der Waals surface area contributed by atoms with Crippen molar-refractivity contribution in [1.82, 2.24) is 15.0 Å². The van der Waals surface area contributed by atoms with Gasteiger partial charge in [0.05, 0.1) is 0 Å². The Balaban J connectivity index is 2.14. The van der Waals surface area contributed by atoms with E-state index in [1.807, 2.05) is 18.3 Å². The summed E-state index contributed by atoms with van der Waals surface area (Å²) in [5.41, 5.74) is 3.40. The maximum absolute atomic E-state index is 5.23. The van der Waals surface area contributed by atoms with Crippen molar-refractivity contribution in [3.8, 4) is 11.4 Å². The molecule has 0 radical (unpaired) electrons. The first kappa shape index (κ1) is 10.6. The second kappa shape index (κ2) is 4.04. The second-order valence-electron chi connectivity index (χ2n) is 4.49. The minimum Gasteiger partial charge on any atom is -0.343 e. The third kappa shape index (κ3) is 2.13. The van der Waals surface area contributed by atoms with Crippen LogP contribution in [0, 0.1) is 11.6 Å². The normalized spacial score (nSPS) is 14.9. The molecule has 86 valence electrons. The summed E-state index contributed by atoms with van der Waals surface area (Å²) < 4.78 is 0.656. The van der Waals surface area contributed by atoms with Crippen LogP contribution in [0.1, 0.15) is 30.0 Å². The van der Waals surface area contributed by atoms with Crippen LogP contribution in [0.15, 0.2) is 24.5 Å². The van der Waals surface area contributed by atoms with Gasteiger partial charge in [0, 0.05) is 23.7 Å². The zero-order chi connectivity index (χ0) is 11.8. The van der Waals surface area contributed by atoms with Gasteiger partial charge < -0.3 is 4.98 Å². The van der Waals surface area contributed by atoms with E-state index >= 15 is 0 Å². The lowest BCUT2D eigenvalue weighted by atomic mass is 10.1. The van der Waals surface area contributed by atoms with Gasteiger partial charge in [-0.25, -0.2) is 4.98 Å². The molecule has 1 saturated carbocycles. The van der Waals surface area contributed by atoms with Gasteiger partial charge in [0.1, 0.15) is 10.5 Å². The van der Waals surface area contributed by atoms with Crippen molar-refractivity contribution in [3.05, 3.63) is 40.4 Å². The Labute approximate surface area is 105 Å². The van der Waals surface area contributed by atoms with E-state index in [1.165, 1.54) is 18.5 Å². The van der Waals surface area contributed by atoms with Crippen LogP contribution in [0.2, 0.25) is 0 Å². The summed E-state index contributed by atoms with van der Waals surface area (Å²) in [5, 5.41) is 0. The summed E-state index contributed by atoms with van der Waals surface area (Å²) in [4.78, 5) is 11.9. The van der Waals surface area contributed by atoms with Crippen LogP contribution in [0.5, 0.6) is 0 Å². The number of aryl methyl sites for hydroxylation is 1. The zero-order valence-corrected chi connectivity index (χ0v) is 10.4. The van der Waals surface area contributed by atoms with Crippen LogP contribution in [-0.4, -0.2) is 15.0 Å². The fraction of sp³-hybridized carbons (Fsp3) is 0.308. The first-order valence-corrected chi connectivity index (χ1v) is 6.17. The molecule has 0 amide bonds. The number of aromatic amines is 1. The third-order valence-electron chi connectivity index (χ3n) is 3.08. The van der Waals surface area contributed by atoms with Gasteiger partial charge in [-0.05, 0) is 43.4 Å². The molecule has 0 saturated heterocycles. The Morgan fingerprint density at radius 3 is 2.94 bits per heavy atom. The van der Waals surface area contributed by atoms with E-state index in [9.17, 15) is 0 Å². The average molecular weight is 243 g/mol. The lowest BCUT2D eigenvalue weighted by Gasteiger charge is -2.06. The smallest absolute Gasteiger partial charge is 0.140 e. The number of H-pyrrole nitrogens is 1. The average Bonchev–Trinajstić information content (AvgIpc) is 3.12. The van der Waals surface area contributed by atoms with Crippen LogP contribution >= 0.6 is 12.2 Å². The quantitative estimate of drug-likeness (QED) is 0.822. The van der Waals surface area contributed by atoms with E-state index in [4.69, 9.17) is 12.2 Å². The van der Waals surface area contributed by atoms with Crippen LogP contribution in [0.3, 0.4) is 0 Å². The minimum atomic E-state index is 0.649. The van der Waals surface area contributed by atoms with Gasteiger partial charge in [0.15, 0.2) is 0 Å². The van der Waals surface area contributed by atoms with Crippen molar-refractivity contribution in [1.29, 1.82) is 0 Å². The number of pyridine rings is 1. The van der Waals surface area contributed by atoms with Gasteiger partial charge >= 0.3 is 0 Å². The van der Waals surface area contributed by atoms with Gasteiger partial charge in [0.25, 0.3) is 0 Å². The fourth-order valence-electron chi connectivity index (χ4n) is 1.93. The Bertz CT molecular complexity index is 614. The molecule has 0 spiro atoms. The van der Waals surface area contributed by atoms with Crippen molar-refractivity contribution >= 4 is 12.2 Å². The Kier molecular flexibility index (Phi) is 2.52. The standard InChI is InChI=1S/C13H13N3S/c1-8-4-5-14-7-10(8)13-15-11(9-2-3-9)6-12(17)16-13/h4-7,9H,2-3H2,1H3,(H,15,16,17). The fourth-order valence-corrected chi connectivity index (χ4v) is 2.15. The molecule has 1 fully saturated rings. The van der Waals surface area contributed by atoms with Crippen LogP contribution in [0.4, 0.5) is 0 Å². The number of aromatic nitrogens is 3. The molecule has 0 aromatic carbocycles. The molecular weight excluding hydrogens is 230 g/mol. The summed E-state index contributed by atoms with van der Waals surface area (Å²) >= 11 is 5.23. The van der Waals surface area contributed by atoms with Crippen molar-refractivity contribution in [2.24, 2.45) is 0 Å². The molecular formula is C13H13N3S. The molecule has 0 bridgehead atoms. The number of nitrogens with one attached hydrogen (secondary N) is 1. The van der Waals surface area contributed by atoms with Crippen LogP contribution < -0.4 is 0 Å². The number of rotatable bonds is 2. The second-order valence-corrected chi connectivity index (χ2v) is 4.91. The van der Waals surface area contributed by atoms with Crippen molar-refractivity contribution in [3.63, 3.8) is 0 Å². The lowest BCUT2D eigenvalue weighted by Crippen LogP contribution is -1.96.